The van der Waals surface area contributed by atoms with Gasteiger partial charge in [0.15, 0.2) is 23.1 Å². The molecule has 4 heterocycles. The lowest BCUT2D eigenvalue weighted by Crippen LogP contribution is -2.01. The molecule has 4 aromatic heterocycles. The van der Waals surface area contributed by atoms with E-state index in [1.54, 1.807) is 0 Å². The molecule has 0 radical (unpaired) electrons. The molecule has 294 valence electrons. The molecule has 63 heavy (non-hydrogen) atoms. The third kappa shape index (κ3) is 5.41. The molecule has 0 atom stereocenters. The summed E-state index contributed by atoms with van der Waals surface area (Å²) in [6.45, 7) is 0. The van der Waals surface area contributed by atoms with E-state index in [1.807, 2.05) is 72.8 Å². The lowest BCUT2D eigenvalue weighted by molar-refractivity contribution is 0.666. The molecule has 0 aliphatic rings. The normalized spacial score (nSPS) is 11.8. The second-order valence-corrected chi connectivity index (χ2v) is 15.9. The molecule has 0 aliphatic carbocycles. The van der Waals surface area contributed by atoms with Crippen LogP contribution >= 0.6 is 0 Å². The van der Waals surface area contributed by atoms with Crippen LogP contribution in [0.5, 0.6) is 0 Å². The molecule has 13 rings (SSSR count). The molecular formula is C57H35N5O. The number of benzene rings is 9. The third-order valence-electron chi connectivity index (χ3n) is 12.4. The number of hydrogen-bond donors (Lipinski definition) is 0. The van der Waals surface area contributed by atoms with Gasteiger partial charge in [-0.15, -0.1) is 0 Å². The molecule has 0 fully saturated rings. The number of fused-ring (bicyclic) bond motifs is 10. The van der Waals surface area contributed by atoms with E-state index in [0.717, 1.165) is 88.6 Å². The average molecular weight is 806 g/mol. The standard InChI is InChI=1S/C57H35N5O/c1-5-19-36(20-6-1)44-35-45-40-27-13-16-30-46(40)61(39-25-11-4-12-26-39)53(45)51-41-28-14-17-31-47(41)62(52(44)51)48-34-33-43(50-42-29-15-18-32-49(42)63-54(48)50)57-59-55(37-21-7-2-8-22-37)58-56(60-57)38-23-9-3-10-24-38/h1-35H. The molecule has 9 aromatic carbocycles. The van der Waals surface area contributed by atoms with Crippen molar-refractivity contribution < 1.29 is 4.42 Å². The average Bonchev–Trinajstić information content (AvgIpc) is 4.03. The fourth-order valence-electron chi connectivity index (χ4n) is 9.64. The maximum Gasteiger partial charge on any atom is 0.164 e. The molecule has 0 unspecified atom stereocenters. The minimum absolute atomic E-state index is 0.576. The Morgan fingerprint density at radius 2 is 0.873 bits per heavy atom. The zero-order chi connectivity index (χ0) is 41.4. The van der Waals surface area contributed by atoms with E-state index >= 15 is 0 Å². The predicted octanol–water partition coefficient (Wildman–Crippen LogP) is 14.6. The highest BCUT2D eigenvalue weighted by atomic mass is 16.3. The zero-order valence-corrected chi connectivity index (χ0v) is 33.9. The SMILES string of the molecule is c1ccc(-c2nc(-c3ccccc3)nc(-c3ccc(-n4c5ccccc5c5c4c(-c4ccccc4)cc4c6ccccc6n(-c6ccccc6)c45)c4oc5ccccc5c34)n2)cc1. The first-order valence-electron chi connectivity index (χ1n) is 21.2. The first-order valence-corrected chi connectivity index (χ1v) is 21.2. The van der Waals surface area contributed by atoms with Gasteiger partial charge >= 0.3 is 0 Å². The van der Waals surface area contributed by atoms with Gasteiger partial charge in [0.25, 0.3) is 0 Å². The number of rotatable bonds is 6. The van der Waals surface area contributed by atoms with E-state index in [0.29, 0.717) is 17.5 Å². The van der Waals surface area contributed by atoms with Gasteiger partial charge < -0.3 is 13.6 Å². The summed E-state index contributed by atoms with van der Waals surface area (Å²) in [7, 11) is 0. The largest absolute Gasteiger partial charge is 0.454 e. The highest BCUT2D eigenvalue weighted by Crippen LogP contribution is 2.48. The summed E-state index contributed by atoms with van der Waals surface area (Å²) in [6.07, 6.45) is 0. The van der Waals surface area contributed by atoms with Crippen LogP contribution in [-0.4, -0.2) is 24.1 Å². The molecule has 0 amide bonds. The highest BCUT2D eigenvalue weighted by Gasteiger charge is 2.27. The summed E-state index contributed by atoms with van der Waals surface area (Å²) in [5.41, 5.74) is 13.1. The van der Waals surface area contributed by atoms with Crippen LogP contribution in [0, 0.1) is 0 Å². The summed E-state index contributed by atoms with van der Waals surface area (Å²) in [5, 5.41) is 6.67. The first-order chi connectivity index (χ1) is 31.3. The van der Waals surface area contributed by atoms with Gasteiger partial charge in [-0.2, -0.15) is 0 Å². The predicted molar refractivity (Wildman–Crippen MR) is 258 cm³/mol. The summed E-state index contributed by atoms with van der Waals surface area (Å²) in [5.74, 6) is 1.79. The fraction of sp³-hybridized carbons (Fsp3) is 0. The monoisotopic (exact) mass is 805 g/mol. The lowest BCUT2D eigenvalue weighted by Gasteiger charge is -2.15. The molecule has 0 aliphatic heterocycles. The summed E-state index contributed by atoms with van der Waals surface area (Å²) < 4.78 is 11.9. The van der Waals surface area contributed by atoms with Crippen molar-refractivity contribution in [1.82, 2.24) is 24.1 Å². The third-order valence-corrected chi connectivity index (χ3v) is 12.4. The number of aromatic nitrogens is 5. The van der Waals surface area contributed by atoms with Crippen molar-refractivity contribution in [2.24, 2.45) is 0 Å². The quantitative estimate of drug-likeness (QED) is 0.168. The van der Waals surface area contributed by atoms with Crippen LogP contribution in [0.25, 0.3) is 122 Å². The maximum absolute atomic E-state index is 7.07. The molecule has 0 N–H and O–H groups in total. The minimum atomic E-state index is 0.576. The summed E-state index contributed by atoms with van der Waals surface area (Å²) in [6, 6.07) is 74.3. The lowest BCUT2D eigenvalue weighted by atomic mass is 9.98. The summed E-state index contributed by atoms with van der Waals surface area (Å²) in [4.78, 5) is 15.4. The topological polar surface area (TPSA) is 61.7 Å². The Labute approximate surface area is 361 Å². The van der Waals surface area contributed by atoms with Gasteiger partial charge in [0.2, 0.25) is 0 Å². The number of nitrogens with zero attached hydrogens (tertiary/aromatic N) is 5. The maximum atomic E-state index is 7.07. The molecule has 0 saturated carbocycles. The molecule has 6 nitrogen and oxygen atoms in total. The van der Waals surface area contributed by atoms with Crippen LogP contribution in [0.4, 0.5) is 0 Å². The van der Waals surface area contributed by atoms with Gasteiger partial charge in [-0.25, -0.2) is 15.0 Å². The molecule has 0 saturated heterocycles. The molecule has 0 spiro atoms. The molecule has 6 heteroatoms. The van der Waals surface area contributed by atoms with Gasteiger partial charge in [-0.3, -0.25) is 0 Å². The van der Waals surface area contributed by atoms with E-state index < -0.39 is 0 Å². The second kappa shape index (κ2) is 14.0. The number of para-hydroxylation sites is 4. The Morgan fingerprint density at radius 3 is 1.54 bits per heavy atom. The van der Waals surface area contributed by atoms with Crippen LogP contribution in [0.2, 0.25) is 0 Å². The number of hydrogen-bond acceptors (Lipinski definition) is 4. The van der Waals surface area contributed by atoms with Gasteiger partial charge in [0, 0.05) is 60.3 Å². The molecule has 13 aromatic rings. The van der Waals surface area contributed by atoms with Crippen molar-refractivity contribution in [3.05, 3.63) is 212 Å². The van der Waals surface area contributed by atoms with Gasteiger partial charge in [0.1, 0.15) is 5.58 Å². The van der Waals surface area contributed by atoms with Crippen LogP contribution in [-0.2, 0) is 0 Å². The van der Waals surface area contributed by atoms with Gasteiger partial charge in [0.05, 0.1) is 27.8 Å². The van der Waals surface area contributed by atoms with Crippen molar-refractivity contribution in [2.75, 3.05) is 0 Å². The van der Waals surface area contributed by atoms with E-state index in [4.69, 9.17) is 19.4 Å². The summed E-state index contributed by atoms with van der Waals surface area (Å²) >= 11 is 0. The second-order valence-electron chi connectivity index (χ2n) is 15.9. The van der Waals surface area contributed by atoms with E-state index in [1.165, 1.54) is 16.2 Å². The smallest absolute Gasteiger partial charge is 0.164 e. The Hall–Kier alpha value is -8.61. The Morgan fingerprint density at radius 1 is 0.349 bits per heavy atom. The first kappa shape index (κ1) is 35.2. The van der Waals surface area contributed by atoms with Crippen molar-refractivity contribution in [3.63, 3.8) is 0 Å². The van der Waals surface area contributed by atoms with Crippen molar-refractivity contribution in [1.29, 1.82) is 0 Å². The van der Waals surface area contributed by atoms with E-state index in [2.05, 4.69) is 149 Å². The van der Waals surface area contributed by atoms with Crippen LogP contribution in [0.1, 0.15) is 0 Å². The Balaban J connectivity index is 1.18. The van der Waals surface area contributed by atoms with Crippen molar-refractivity contribution in [3.8, 4) is 56.7 Å². The zero-order valence-electron chi connectivity index (χ0n) is 33.9. The Bertz CT molecular complexity index is 3830. The van der Waals surface area contributed by atoms with Crippen molar-refractivity contribution in [2.45, 2.75) is 0 Å². The van der Waals surface area contributed by atoms with Crippen LogP contribution < -0.4 is 0 Å². The molecule has 0 bridgehead atoms. The van der Waals surface area contributed by atoms with E-state index in [-0.39, 0.29) is 0 Å². The highest BCUT2D eigenvalue weighted by molar-refractivity contribution is 6.29. The number of furan rings is 1. The van der Waals surface area contributed by atoms with Crippen LogP contribution in [0.3, 0.4) is 0 Å². The van der Waals surface area contributed by atoms with Crippen LogP contribution in [0.15, 0.2) is 217 Å². The van der Waals surface area contributed by atoms with Crippen molar-refractivity contribution >= 4 is 65.6 Å². The minimum Gasteiger partial charge on any atom is -0.454 e. The fourth-order valence-corrected chi connectivity index (χ4v) is 9.64. The van der Waals surface area contributed by atoms with E-state index in [9.17, 15) is 0 Å². The van der Waals surface area contributed by atoms with Gasteiger partial charge in [-0.05, 0) is 54.1 Å². The Kier molecular flexibility index (Phi) is 7.80. The molecular weight excluding hydrogens is 771 g/mol. The van der Waals surface area contributed by atoms with Gasteiger partial charge in [-0.1, -0.05) is 164 Å².